The Morgan fingerprint density at radius 2 is 2.16 bits per heavy atom. The Morgan fingerprint density at radius 3 is 2.84 bits per heavy atom. The van der Waals surface area contributed by atoms with E-state index < -0.39 is 0 Å². The molecule has 0 aliphatic carbocycles. The predicted molar refractivity (Wildman–Crippen MR) is 75.8 cm³/mol. The minimum atomic E-state index is -0.106. The summed E-state index contributed by atoms with van der Waals surface area (Å²) in [5.41, 5.74) is 2.27. The zero-order valence-corrected chi connectivity index (χ0v) is 10.9. The largest absolute Gasteiger partial charge is 0.311 e. The lowest BCUT2D eigenvalue weighted by molar-refractivity contribution is 0.906. The highest BCUT2D eigenvalue weighted by atomic mass is 35.5. The Morgan fingerprint density at radius 1 is 1.32 bits per heavy atom. The van der Waals surface area contributed by atoms with Crippen LogP contribution in [0.2, 0.25) is 0 Å². The van der Waals surface area contributed by atoms with Crippen LogP contribution in [0.25, 0.3) is 16.6 Å². The van der Waals surface area contributed by atoms with E-state index in [9.17, 15) is 4.79 Å². The van der Waals surface area contributed by atoms with Crippen molar-refractivity contribution < 1.29 is 0 Å². The Balaban J connectivity index is 2.34. The van der Waals surface area contributed by atoms with Crippen molar-refractivity contribution in [3.8, 4) is 5.69 Å². The molecule has 0 aliphatic heterocycles. The number of hydrogen-bond donors (Lipinski definition) is 1. The molecule has 3 rings (SSSR count). The maximum absolute atomic E-state index is 11.8. The number of imidazole rings is 1. The van der Waals surface area contributed by atoms with E-state index in [4.69, 9.17) is 11.8 Å². The second-order valence-electron chi connectivity index (χ2n) is 4.22. The van der Waals surface area contributed by atoms with Gasteiger partial charge in [0, 0.05) is 48.4 Å². The van der Waals surface area contributed by atoms with Crippen LogP contribution in [0.5, 0.6) is 0 Å². The first-order valence-electron chi connectivity index (χ1n) is 5.69. The Hall–Kier alpha value is -2.27. The number of pyridine rings is 1. The topological polar surface area (TPSA) is 51.9 Å². The van der Waals surface area contributed by atoms with E-state index in [1.54, 1.807) is 24.1 Å². The Bertz CT molecular complexity index is 792. The number of benzene rings is 1. The molecule has 2 heterocycles. The third-order valence-corrected chi connectivity index (χ3v) is 3.34. The predicted octanol–water partition coefficient (Wildman–Crippen LogP) is 2.29. The number of nitrogens with zero attached hydrogens (tertiary/aromatic N) is 3. The van der Waals surface area contributed by atoms with Gasteiger partial charge in [0.15, 0.2) is 0 Å². The van der Waals surface area contributed by atoms with Gasteiger partial charge in [0.2, 0.25) is 0 Å². The molecule has 19 heavy (non-hydrogen) atoms. The van der Waals surface area contributed by atoms with E-state index in [1.165, 1.54) is 6.07 Å². The SMILES string of the molecule is Cn1c(=O)cc(NCl)c2cc(-n3ccnc3)ccc21. The van der Waals surface area contributed by atoms with Crippen LogP contribution in [0.1, 0.15) is 0 Å². The van der Waals surface area contributed by atoms with Crippen LogP contribution < -0.4 is 10.4 Å². The van der Waals surface area contributed by atoms with Gasteiger partial charge in [0.25, 0.3) is 5.56 Å². The molecule has 1 N–H and O–H groups in total. The molecule has 96 valence electrons. The lowest BCUT2D eigenvalue weighted by atomic mass is 10.1. The lowest BCUT2D eigenvalue weighted by Crippen LogP contribution is -2.16. The molecular weight excluding hydrogens is 264 g/mol. The zero-order valence-electron chi connectivity index (χ0n) is 10.2. The summed E-state index contributed by atoms with van der Waals surface area (Å²) in [6, 6.07) is 7.26. The number of rotatable bonds is 2. The third kappa shape index (κ3) is 1.88. The van der Waals surface area contributed by atoms with Gasteiger partial charge in [-0.3, -0.25) is 9.63 Å². The second-order valence-corrected chi connectivity index (χ2v) is 4.41. The molecule has 0 aliphatic rings. The first kappa shape index (κ1) is 11.8. The summed E-state index contributed by atoms with van der Waals surface area (Å²) in [7, 11) is 1.74. The number of aryl methyl sites for hydroxylation is 1. The number of aromatic nitrogens is 3. The van der Waals surface area contributed by atoms with E-state index in [0.717, 1.165) is 16.6 Å². The van der Waals surface area contributed by atoms with Crippen LogP contribution in [0.4, 0.5) is 5.69 Å². The molecule has 0 bridgehead atoms. The molecule has 0 saturated carbocycles. The fraction of sp³-hybridized carbons (Fsp3) is 0.0769. The van der Waals surface area contributed by atoms with Crippen molar-refractivity contribution in [1.29, 1.82) is 0 Å². The highest BCUT2D eigenvalue weighted by molar-refractivity contribution is 6.25. The lowest BCUT2D eigenvalue weighted by Gasteiger charge is -2.11. The number of nitrogens with one attached hydrogen (secondary N) is 1. The highest BCUT2D eigenvalue weighted by Gasteiger charge is 2.07. The molecule has 0 saturated heterocycles. The average molecular weight is 275 g/mol. The van der Waals surface area contributed by atoms with E-state index in [2.05, 4.69) is 9.82 Å². The van der Waals surface area contributed by atoms with Gasteiger partial charge >= 0.3 is 0 Å². The quantitative estimate of drug-likeness (QED) is 0.730. The van der Waals surface area contributed by atoms with Crippen molar-refractivity contribution in [2.75, 3.05) is 4.84 Å². The van der Waals surface area contributed by atoms with Crippen molar-refractivity contribution in [3.05, 3.63) is 53.3 Å². The van der Waals surface area contributed by atoms with Gasteiger partial charge < -0.3 is 9.13 Å². The Kier molecular flexibility index (Phi) is 2.76. The first-order valence-corrected chi connectivity index (χ1v) is 6.07. The summed E-state index contributed by atoms with van der Waals surface area (Å²) in [5.74, 6) is 0. The molecule has 6 heteroatoms. The molecule has 0 fully saturated rings. The average Bonchev–Trinajstić information content (AvgIpc) is 2.96. The second kappa shape index (κ2) is 4.44. The standard InChI is InChI=1S/C13H11ClN4O/c1-17-12-3-2-9(18-5-4-15-8-18)6-10(12)11(16-14)7-13(17)19/h2-8,16H,1H3. The summed E-state index contributed by atoms with van der Waals surface area (Å²) < 4.78 is 3.48. The summed E-state index contributed by atoms with van der Waals surface area (Å²) in [5, 5.41) is 0.878. The van der Waals surface area contributed by atoms with Crippen LogP contribution in [-0.2, 0) is 7.05 Å². The van der Waals surface area contributed by atoms with Crippen LogP contribution in [0.3, 0.4) is 0 Å². The maximum Gasteiger partial charge on any atom is 0.252 e. The summed E-state index contributed by atoms with van der Waals surface area (Å²) in [4.78, 5) is 18.3. The fourth-order valence-corrected chi connectivity index (χ4v) is 2.26. The van der Waals surface area contributed by atoms with Crippen molar-refractivity contribution >= 4 is 28.4 Å². The van der Waals surface area contributed by atoms with Crippen LogP contribution >= 0.6 is 11.8 Å². The number of fused-ring (bicyclic) bond motifs is 1. The molecule has 0 unspecified atom stereocenters. The van der Waals surface area contributed by atoms with Gasteiger partial charge in [-0.25, -0.2) is 4.98 Å². The van der Waals surface area contributed by atoms with Crippen molar-refractivity contribution in [2.24, 2.45) is 7.05 Å². The minimum Gasteiger partial charge on any atom is -0.311 e. The molecule has 3 aromatic rings. The normalized spacial score (nSPS) is 10.8. The minimum absolute atomic E-state index is 0.106. The monoisotopic (exact) mass is 274 g/mol. The van der Waals surface area contributed by atoms with Gasteiger partial charge in [-0.05, 0) is 18.2 Å². The van der Waals surface area contributed by atoms with Gasteiger partial charge in [0.05, 0.1) is 17.5 Å². The van der Waals surface area contributed by atoms with Crippen molar-refractivity contribution in [1.82, 2.24) is 14.1 Å². The van der Waals surface area contributed by atoms with Crippen molar-refractivity contribution in [3.63, 3.8) is 0 Å². The molecular formula is C13H11ClN4O. The van der Waals surface area contributed by atoms with Crippen LogP contribution in [-0.4, -0.2) is 14.1 Å². The third-order valence-electron chi connectivity index (χ3n) is 3.13. The van der Waals surface area contributed by atoms with E-state index >= 15 is 0 Å². The smallest absolute Gasteiger partial charge is 0.252 e. The summed E-state index contributed by atoms with van der Waals surface area (Å²) >= 11 is 5.69. The fourth-order valence-electron chi connectivity index (χ4n) is 2.10. The number of anilines is 1. The zero-order chi connectivity index (χ0) is 13.4. The van der Waals surface area contributed by atoms with Gasteiger partial charge in [-0.2, -0.15) is 0 Å². The van der Waals surface area contributed by atoms with Gasteiger partial charge in [0.1, 0.15) is 0 Å². The summed E-state index contributed by atoms with van der Waals surface area (Å²) in [6.45, 7) is 0. The van der Waals surface area contributed by atoms with Crippen LogP contribution in [0.15, 0.2) is 47.8 Å². The van der Waals surface area contributed by atoms with Crippen molar-refractivity contribution in [2.45, 2.75) is 0 Å². The van der Waals surface area contributed by atoms with Gasteiger partial charge in [-0.1, -0.05) is 0 Å². The molecule has 1 aromatic carbocycles. The molecule has 5 nitrogen and oxygen atoms in total. The van der Waals surface area contributed by atoms with E-state index in [0.29, 0.717) is 5.69 Å². The molecule has 0 radical (unpaired) electrons. The number of halogens is 1. The molecule has 2 aromatic heterocycles. The maximum atomic E-state index is 11.8. The summed E-state index contributed by atoms with van der Waals surface area (Å²) in [6.07, 6.45) is 5.29. The molecule has 0 amide bonds. The highest BCUT2D eigenvalue weighted by Crippen LogP contribution is 2.24. The first-order chi connectivity index (χ1) is 9.20. The van der Waals surface area contributed by atoms with Crippen LogP contribution in [0, 0.1) is 0 Å². The Labute approximate surface area is 114 Å². The van der Waals surface area contributed by atoms with Gasteiger partial charge in [-0.15, -0.1) is 0 Å². The molecule has 0 spiro atoms. The number of hydrogen-bond acceptors (Lipinski definition) is 3. The van der Waals surface area contributed by atoms with E-state index in [-0.39, 0.29) is 5.56 Å². The molecule has 0 atom stereocenters. The van der Waals surface area contributed by atoms with E-state index in [1.807, 2.05) is 29.0 Å².